The fourth-order valence-corrected chi connectivity index (χ4v) is 4.79. The molecule has 1 heterocycles. The van der Waals surface area contributed by atoms with Crippen LogP contribution >= 0.6 is 23.5 Å². The summed E-state index contributed by atoms with van der Waals surface area (Å²) < 4.78 is 23.3. The van der Waals surface area contributed by atoms with Crippen LogP contribution in [0.25, 0.3) is 0 Å². The number of ether oxygens (including phenoxy) is 1. The Kier molecular flexibility index (Phi) is 9.54. The van der Waals surface area contributed by atoms with Crippen LogP contribution in [0.5, 0.6) is 0 Å². The summed E-state index contributed by atoms with van der Waals surface area (Å²) in [6.07, 6.45) is -1.24. The molecular formula is C29H30ClFN4O5S. The largest absolute Gasteiger partial charge is 0.480 e. The first kappa shape index (κ1) is 30.3. The number of aryl methyl sites for hydroxylation is 1. The van der Waals surface area contributed by atoms with E-state index in [2.05, 4.69) is 20.5 Å². The smallest absolute Gasteiger partial charge is 0.412 e. The SMILES string of the molecule is Cc1ccc(SNC(Cc2ccc(C3=NC(c4ccc(NC(=O)OC(C)(C)C)cc4)ON3)c(F)c2)C(=O)O)cc1Cl. The van der Waals surface area contributed by atoms with Crippen LogP contribution in [-0.2, 0) is 20.8 Å². The molecule has 4 N–H and O–H groups in total. The van der Waals surface area contributed by atoms with Gasteiger partial charge in [-0.2, -0.15) is 0 Å². The monoisotopic (exact) mass is 600 g/mol. The van der Waals surface area contributed by atoms with E-state index in [1.165, 1.54) is 12.1 Å². The Labute approximate surface area is 246 Å². The van der Waals surface area contributed by atoms with Gasteiger partial charge in [-0.05, 0) is 93.6 Å². The van der Waals surface area contributed by atoms with E-state index in [1.54, 1.807) is 57.2 Å². The van der Waals surface area contributed by atoms with Crippen molar-refractivity contribution in [2.24, 2.45) is 4.99 Å². The number of nitrogens with one attached hydrogen (secondary N) is 3. The molecule has 0 saturated carbocycles. The highest BCUT2D eigenvalue weighted by atomic mass is 35.5. The Balaban J connectivity index is 1.38. The maximum absolute atomic E-state index is 15.1. The number of hydrogen-bond acceptors (Lipinski definition) is 8. The number of halogens is 2. The van der Waals surface area contributed by atoms with Gasteiger partial charge in [-0.3, -0.25) is 10.1 Å². The van der Waals surface area contributed by atoms with Crippen molar-refractivity contribution >= 4 is 47.1 Å². The molecule has 0 saturated heterocycles. The molecule has 1 aliphatic rings. The zero-order chi connectivity index (χ0) is 29.7. The molecular weight excluding hydrogens is 571 g/mol. The predicted molar refractivity (Wildman–Crippen MR) is 157 cm³/mol. The van der Waals surface area contributed by atoms with Gasteiger partial charge < -0.3 is 9.84 Å². The fourth-order valence-electron chi connectivity index (χ4n) is 3.77. The maximum Gasteiger partial charge on any atom is 0.412 e. The van der Waals surface area contributed by atoms with Crippen molar-refractivity contribution in [3.05, 3.63) is 93.8 Å². The number of hydrogen-bond donors (Lipinski definition) is 4. The second kappa shape index (κ2) is 12.9. The van der Waals surface area contributed by atoms with Gasteiger partial charge in [-0.15, -0.1) is 0 Å². The van der Waals surface area contributed by atoms with Crippen molar-refractivity contribution in [3.63, 3.8) is 0 Å². The third-order valence-electron chi connectivity index (χ3n) is 5.84. The van der Waals surface area contributed by atoms with Crippen molar-refractivity contribution in [2.45, 2.75) is 56.9 Å². The van der Waals surface area contributed by atoms with Gasteiger partial charge in [0.25, 0.3) is 0 Å². The highest BCUT2D eigenvalue weighted by Crippen LogP contribution is 2.27. The Bertz CT molecular complexity index is 1460. The lowest BCUT2D eigenvalue weighted by Gasteiger charge is -2.19. The molecule has 0 spiro atoms. The van der Waals surface area contributed by atoms with Crippen LogP contribution in [0.2, 0.25) is 5.02 Å². The number of anilines is 1. The summed E-state index contributed by atoms with van der Waals surface area (Å²) in [6.45, 7) is 7.21. The molecule has 3 aromatic rings. The lowest BCUT2D eigenvalue weighted by molar-refractivity contribution is -0.138. The quantitative estimate of drug-likeness (QED) is 0.208. The first-order valence-electron chi connectivity index (χ1n) is 12.7. The third-order valence-corrected chi connectivity index (χ3v) is 7.14. The average molecular weight is 601 g/mol. The van der Waals surface area contributed by atoms with E-state index in [4.69, 9.17) is 21.2 Å². The van der Waals surface area contributed by atoms with E-state index in [1.807, 2.05) is 19.1 Å². The first-order chi connectivity index (χ1) is 19.4. The molecule has 0 bridgehead atoms. The molecule has 12 heteroatoms. The van der Waals surface area contributed by atoms with Crippen LogP contribution < -0.4 is 15.5 Å². The Morgan fingerprint density at radius 2 is 1.90 bits per heavy atom. The van der Waals surface area contributed by atoms with Gasteiger partial charge in [-0.25, -0.2) is 29.2 Å². The number of benzene rings is 3. The maximum atomic E-state index is 15.1. The number of carboxylic acids is 1. The van der Waals surface area contributed by atoms with Gasteiger partial charge in [0.05, 0.1) is 5.56 Å². The minimum Gasteiger partial charge on any atom is -0.480 e. The molecule has 0 fully saturated rings. The van der Waals surface area contributed by atoms with E-state index in [0.717, 1.165) is 22.4 Å². The second-order valence-electron chi connectivity index (χ2n) is 10.3. The molecule has 1 amide bonds. The number of carbonyl (C=O) groups excluding carboxylic acids is 1. The third kappa shape index (κ3) is 8.43. The standard InChI is InChI=1S/C29H30ClFN4O5S/c1-16-5-11-20(15-22(16)30)41-35-24(27(36)37)14-17-6-12-21(23(31)13-17)25-33-26(40-34-25)18-7-9-19(10-8-18)32-28(38)39-29(2,3)4/h5-13,15,24,26,35H,14H2,1-4H3,(H,32,38)(H,33,34)(H,36,37). The number of amides is 1. The molecule has 2 unspecified atom stereocenters. The molecule has 216 valence electrons. The zero-order valence-electron chi connectivity index (χ0n) is 22.8. The van der Waals surface area contributed by atoms with Gasteiger partial charge in [0, 0.05) is 21.2 Å². The molecule has 0 aromatic heterocycles. The number of nitrogens with zero attached hydrogens (tertiary/aromatic N) is 1. The number of carbonyl (C=O) groups is 2. The van der Waals surface area contributed by atoms with Gasteiger partial charge >= 0.3 is 12.1 Å². The van der Waals surface area contributed by atoms with Crippen molar-refractivity contribution in [3.8, 4) is 0 Å². The van der Waals surface area contributed by atoms with Crippen LogP contribution in [0.15, 0.2) is 70.6 Å². The van der Waals surface area contributed by atoms with E-state index in [-0.39, 0.29) is 17.8 Å². The molecule has 9 nitrogen and oxygen atoms in total. The normalized spacial score (nSPS) is 15.6. The van der Waals surface area contributed by atoms with Gasteiger partial charge in [0.15, 0.2) is 5.84 Å². The summed E-state index contributed by atoms with van der Waals surface area (Å²) in [6, 6.07) is 15.8. The van der Waals surface area contributed by atoms with E-state index >= 15 is 4.39 Å². The van der Waals surface area contributed by atoms with Crippen molar-refractivity contribution in [1.82, 2.24) is 10.2 Å². The van der Waals surface area contributed by atoms with Crippen LogP contribution in [0.1, 0.15) is 49.3 Å². The van der Waals surface area contributed by atoms with Gasteiger partial charge in [0.1, 0.15) is 17.5 Å². The fraction of sp³-hybridized carbons (Fsp3) is 0.276. The van der Waals surface area contributed by atoms with E-state index in [0.29, 0.717) is 21.8 Å². The number of aliphatic carboxylic acids is 1. The average Bonchev–Trinajstić information content (AvgIpc) is 3.37. The topological polar surface area (TPSA) is 121 Å². The Hall–Kier alpha value is -3.64. The lowest BCUT2D eigenvalue weighted by Crippen LogP contribution is -2.34. The Morgan fingerprint density at radius 3 is 2.54 bits per heavy atom. The van der Waals surface area contributed by atoms with Gasteiger partial charge in [-0.1, -0.05) is 35.9 Å². The van der Waals surface area contributed by atoms with Crippen molar-refractivity contribution in [2.75, 3.05) is 5.32 Å². The molecule has 41 heavy (non-hydrogen) atoms. The molecule has 0 radical (unpaired) electrons. The minimum absolute atomic E-state index is 0.0574. The summed E-state index contributed by atoms with van der Waals surface area (Å²) in [7, 11) is 0. The van der Waals surface area contributed by atoms with Crippen LogP contribution in [0.3, 0.4) is 0 Å². The molecule has 1 aliphatic heterocycles. The van der Waals surface area contributed by atoms with E-state index < -0.39 is 35.8 Å². The molecule has 0 aliphatic carbocycles. The summed E-state index contributed by atoms with van der Waals surface area (Å²) in [5.41, 5.74) is 4.87. The van der Waals surface area contributed by atoms with Crippen LogP contribution in [0, 0.1) is 12.7 Å². The summed E-state index contributed by atoms with van der Waals surface area (Å²) in [4.78, 5) is 34.5. The second-order valence-corrected chi connectivity index (χ2v) is 11.7. The summed E-state index contributed by atoms with van der Waals surface area (Å²) in [5.74, 6) is -1.43. The number of hydroxylamine groups is 1. The first-order valence-corrected chi connectivity index (χ1v) is 13.9. The number of carboxylic acid groups (broad SMARTS) is 1. The number of aliphatic imine (C=N–C) groups is 1. The van der Waals surface area contributed by atoms with Crippen molar-refractivity contribution < 1.29 is 28.7 Å². The number of amidine groups is 1. The number of rotatable bonds is 9. The predicted octanol–water partition coefficient (Wildman–Crippen LogP) is 6.41. The van der Waals surface area contributed by atoms with Gasteiger partial charge in [0.2, 0.25) is 6.23 Å². The molecule has 2 atom stereocenters. The van der Waals surface area contributed by atoms with E-state index in [9.17, 15) is 14.7 Å². The zero-order valence-corrected chi connectivity index (χ0v) is 24.4. The Morgan fingerprint density at radius 1 is 1.17 bits per heavy atom. The molecule has 4 rings (SSSR count). The van der Waals surface area contributed by atoms with Crippen LogP contribution in [0.4, 0.5) is 14.9 Å². The summed E-state index contributed by atoms with van der Waals surface area (Å²) >= 11 is 7.30. The highest BCUT2D eigenvalue weighted by Gasteiger charge is 2.24. The van der Waals surface area contributed by atoms with Crippen molar-refractivity contribution in [1.29, 1.82) is 0 Å². The molecule has 3 aromatic carbocycles. The van der Waals surface area contributed by atoms with Crippen LogP contribution in [-0.4, -0.2) is 34.6 Å². The lowest BCUT2D eigenvalue weighted by atomic mass is 10.0. The minimum atomic E-state index is -1.06. The summed E-state index contributed by atoms with van der Waals surface area (Å²) in [5, 5.41) is 12.9. The highest BCUT2D eigenvalue weighted by molar-refractivity contribution is 7.97.